The molecular formula is C134H87N9S3. The van der Waals surface area contributed by atoms with E-state index >= 15 is 0 Å². The highest BCUT2D eigenvalue weighted by molar-refractivity contribution is 7.26. The summed E-state index contributed by atoms with van der Waals surface area (Å²) in [6, 6.07) is 162. The van der Waals surface area contributed by atoms with Crippen LogP contribution in [-0.4, -0.2) is 44.9 Å². The number of benzene rings is 18. The zero-order chi connectivity index (χ0) is 97.1. The molecule has 0 amide bonds. The van der Waals surface area contributed by atoms with Crippen molar-refractivity contribution in [2.75, 3.05) is 0 Å². The summed E-state index contributed by atoms with van der Waals surface area (Å²) in [5, 5.41) is 12.6. The van der Waals surface area contributed by atoms with Crippen LogP contribution in [0.3, 0.4) is 0 Å². The van der Waals surface area contributed by atoms with Crippen molar-refractivity contribution in [1.82, 2.24) is 44.9 Å². The lowest BCUT2D eigenvalue weighted by Crippen LogP contribution is -2.14. The summed E-state index contributed by atoms with van der Waals surface area (Å²) < 4.78 is 7.71. The number of pyridine rings is 3. The van der Waals surface area contributed by atoms with Crippen LogP contribution in [0.1, 0.15) is 25.0 Å². The maximum atomic E-state index is 5.21. The molecule has 0 unspecified atom stereocenters. The predicted octanol–water partition coefficient (Wildman–Crippen LogP) is 36.3. The van der Waals surface area contributed by atoms with Gasteiger partial charge in [-0.15, -0.1) is 34.0 Å². The van der Waals surface area contributed by atoms with Crippen molar-refractivity contribution in [2.45, 2.75) is 19.3 Å². The normalized spacial score (nSPS) is 12.0. The molecule has 146 heavy (non-hydrogen) atoms. The first-order chi connectivity index (χ1) is 72.0. The van der Waals surface area contributed by atoms with E-state index in [2.05, 4.69) is 466 Å². The van der Waals surface area contributed by atoms with Gasteiger partial charge in [-0.3, -0.25) is 15.0 Å². The molecule has 1 aliphatic carbocycles. The van der Waals surface area contributed by atoms with E-state index in [1.165, 1.54) is 138 Å². The Hall–Kier alpha value is -18.2. The molecule has 0 saturated heterocycles. The standard InChI is InChI=1S/C48H33N3S.2C43H27N3S/c1-48(2)41-14-5-3-12-37(41)38-22-20-33(27-42(38)48)30-16-18-31(19-17-30)43-28-44(34-21-23-46-40(26-34)39-13-4-6-15-45(39)52-46)51-47(50-43)35-10-7-9-32(25-35)36-11-8-24-49-29-36;1-2-13-35-28(8-1)9-6-15-36(35)29-17-19-30(20-18-29)39-26-40(32-21-22-42-38(25-32)37-14-3-4-16-41(37)47-42)46-43(45-39)33-11-5-10-31(24-33)34-12-7-23-44-27-34;1-2-8-31-23-33(19-16-28(31)7-1)29-14-17-30(18-15-29)39-26-40(34-20-21-42-38(25-34)37-12-3-4-13-41(37)47-42)46-43(45-39)35-10-5-9-32(24-35)36-11-6-22-44-27-36/h3-29H,1-2H3;2*1-27H. The molecule has 0 spiro atoms. The van der Waals surface area contributed by atoms with Crippen molar-refractivity contribution in [3.8, 4) is 180 Å². The van der Waals surface area contributed by atoms with Crippen LogP contribution in [0.2, 0.25) is 0 Å². The Labute approximate surface area is 856 Å². The number of fused-ring (bicyclic) bond motifs is 14. The van der Waals surface area contributed by atoms with E-state index in [-0.39, 0.29) is 5.41 Å². The fraction of sp³-hybridized carbons (Fsp3) is 0.0224. The summed E-state index contributed by atoms with van der Waals surface area (Å²) in [6.07, 6.45) is 11.1. The van der Waals surface area contributed by atoms with Crippen LogP contribution in [0.15, 0.2) is 492 Å². The van der Waals surface area contributed by atoms with Crippen molar-refractivity contribution in [2.24, 2.45) is 0 Å². The molecule has 0 saturated carbocycles. The number of thiophene rings is 3. The minimum Gasteiger partial charge on any atom is -0.264 e. The summed E-state index contributed by atoms with van der Waals surface area (Å²) >= 11 is 5.48. The molecule has 0 bridgehead atoms. The van der Waals surface area contributed by atoms with Gasteiger partial charge in [0, 0.05) is 170 Å². The van der Waals surface area contributed by atoms with Gasteiger partial charge in [-0.05, 0) is 215 Å². The van der Waals surface area contributed by atoms with E-state index < -0.39 is 0 Å². The number of hydrogen-bond acceptors (Lipinski definition) is 12. The van der Waals surface area contributed by atoms with Gasteiger partial charge in [0.25, 0.3) is 0 Å². The average Bonchev–Trinajstić information content (AvgIpc) is 1.57. The first-order valence-corrected chi connectivity index (χ1v) is 51.4. The molecule has 9 nitrogen and oxygen atoms in total. The van der Waals surface area contributed by atoms with Gasteiger partial charge >= 0.3 is 0 Å². The summed E-state index contributed by atoms with van der Waals surface area (Å²) in [6.45, 7) is 4.67. The Morgan fingerprint density at radius 2 is 0.466 bits per heavy atom. The lowest BCUT2D eigenvalue weighted by molar-refractivity contribution is 0.660. The van der Waals surface area contributed by atoms with Crippen LogP contribution in [0.5, 0.6) is 0 Å². The summed E-state index contributed by atoms with van der Waals surface area (Å²) in [7, 11) is 0. The fourth-order valence-corrected chi connectivity index (χ4v) is 23.9. The summed E-state index contributed by atoms with van der Waals surface area (Å²) in [5.41, 5.74) is 33.6. The zero-order valence-corrected chi connectivity index (χ0v) is 82.0. The Morgan fingerprint density at radius 3 is 0.904 bits per heavy atom. The van der Waals surface area contributed by atoms with E-state index in [1.54, 1.807) is 18.6 Å². The SMILES string of the molecule is CC1(C)c2ccccc2-c2ccc(-c3ccc(-c4cc(-c5ccc6sc7ccccc7c6c5)nc(-c5cccc(-c6cccnc6)c5)n4)cc3)cc21.c1cncc(-c2cccc(-c3nc(-c4ccc(-c5ccc6ccccc6c5)cc4)cc(-c4ccc5sc6ccccc6c5c4)n3)c2)c1.c1cncc(-c2cccc(-c3nc(-c4ccc(-c5cccc6ccccc56)cc4)cc(-c4ccc5sc6ccccc6c5c4)n3)c2)c1. The Bertz CT molecular complexity index is 9710. The maximum absolute atomic E-state index is 5.21. The molecule has 9 aromatic heterocycles. The minimum atomic E-state index is -0.0394. The lowest BCUT2D eigenvalue weighted by Gasteiger charge is -2.22. The van der Waals surface area contributed by atoms with Crippen molar-refractivity contribution >= 4 is 116 Å². The highest BCUT2D eigenvalue weighted by Crippen LogP contribution is 2.51. The van der Waals surface area contributed by atoms with E-state index in [4.69, 9.17) is 29.9 Å². The van der Waals surface area contributed by atoms with Gasteiger partial charge in [-0.2, -0.15) is 0 Å². The van der Waals surface area contributed by atoms with E-state index in [9.17, 15) is 0 Å². The molecular weight excluding hydrogens is 1830 g/mol. The van der Waals surface area contributed by atoms with Crippen LogP contribution >= 0.6 is 34.0 Å². The van der Waals surface area contributed by atoms with Crippen LogP contribution in [-0.2, 0) is 5.41 Å². The molecule has 28 rings (SSSR count). The minimum absolute atomic E-state index is 0.0394. The first-order valence-electron chi connectivity index (χ1n) is 49.0. The van der Waals surface area contributed by atoms with Gasteiger partial charge in [-0.1, -0.05) is 347 Å². The van der Waals surface area contributed by atoms with Gasteiger partial charge in [0.2, 0.25) is 0 Å². The Balaban J connectivity index is 0.000000111. The van der Waals surface area contributed by atoms with Crippen molar-refractivity contribution in [1.29, 1.82) is 0 Å². The molecule has 27 aromatic rings. The smallest absolute Gasteiger partial charge is 0.160 e. The number of rotatable bonds is 15. The number of aromatic nitrogens is 9. The Morgan fingerprint density at radius 1 is 0.164 bits per heavy atom. The van der Waals surface area contributed by atoms with Crippen molar-refractivity contribution < 1.29 is 0 Å². The largest absolute Gasteiger partial charge is 0.264 e. The molecule has 0 radical (unpaired) electrons. The fourth-order valence-electron chi connectivity index (χ4n) is 20.6. The molecule has 0 N–H and O–H groups in total. The molecule has 12 heteroatoms. The molecule has 686 valence electrons. The Kier molecular flexibility index (Phi) is 22.7. The predicted molar refractivity (Wildman–Crippen MR) is 612 cm³/mol. The average molecular weight is 1920 g/mol. The van der Waals surface area contributed by atoms with Crippen molar-refractivity contribution in [3.05, 3.63) is 503 Å². The van der Waals surface area contributed by atoms with Gasteiger partial charge in [0.1, 0.15) is 0 Å². The van der Waals surface area contributed by atoms with E-state index in [1.807, 2.05) is 70.8 Å². The molecule has 18 aromatic carbocycles. The summed E-state index contributed by atoms with van der Waals surface area (Å²) in [5.74, 6) is 2.08. The molecule has 1 aliphatic rings. The highest BCUT2D eigenvalue weighted by atomic mass is 32.1. The third-order valence-electron chi connectivity index (χ3n) is 28.2. The van der Waals surface area contributed by atoms with Gasteiger partial charge in [-0.25, -0.2) is 29.9 Å². The second-order valence-corrected chi connectivity index (χ2v) is 40.8. The monoisotopic (exact) mass is 1920 g/mol. The molecule has 0 aliphatic heterocycles. The zero-order valence-electron chi connectivity index (χ0n) is 79.5. The third-order valence-corrected chi connectivity index (χ3v) is 31.6. The number of hydrogen-bond donors (Lipinski definition) is 0. The lowest BCUT2D eigenvalue weighted by atomic mass is 9.81. The number of nitrogens with zero attached hydrogens (tertiary/aromatic N) is 9. The van der Waals surface area contributed by atoms with Crippen molar-refractivity contribution in [3.63, 3.8) is 0 Å². The van der Waals surface area contributed by atoms with Gasteiger partial charge in [0.05, 0.1) is 34.2 Å². The van der Waals surface area contributed by atoms with Crippen LogP contribution < -0.4 is 0 Å². The quantitative estimate of drug-likeness (QED) is 0.0989. The van der Waals surface area contributed by atoms with Crippen LogP contribution in [0, 0.1) is 0 Å². The van der Waals surface area contributed by atoms with Crippen LogP contribution in [0.25, 0.3) is 262 Å². The highest BCUT2D eigenvalue weighted by Gasteiger charge is 2.35. The van der Waals surface area contributed by atoms with Crippen LogP contribution in [0.4, 0.5) is 0 Å². The third kappa shape index (κ3) is 17.1. The summed E-state index contributed by atoms with van der Waals surface area (Å²) in [4.78, 5) is 44.1. The topological polar surface area (TPSA) is 116 Å². The molecule has 9 heterocycles. The van der Waals surface area contributed by atoms with E-state index in [0.717, 1.165) is 118 Å². The van der Waals surface area contributed by atoms with Gasteiger partial charge < -0.3 is 0 Å². The maximum Gasteiger partial charge on any atom is 0.160 e. The first kappa shape index (κ1) is 88.0. The second-order valence-electron chi connectivity index (χ2n) is 37.5. The molecule has 0 atom stereocenters. The molecule has 0 fully saturated rings. The van der Waals surface area contributed by atoms with E-state index in [0.29, 0.717) is 17.5 Å². The second kappa shape index (κ2) is 37.7. The van der Waals surface area contributed by atoms with Gasteiger partial charge in [0.15, 0.2) is 17.5 Å².